The van der Waals surface area contributed by atoms with E-state index in [1.807, 2.05) is 0 Å². The van der Waals surface area contributed by atoms with Crippen molar-refractivity contribution in [2.75, 3.05) is 0 Å². The molecule has 154 valence electrons. The lowest BCUT2D eigenvalue weighted by molar-refractivity contribution is -0.137. The number of hydrazone groups is 1. The molecule has 3 aromatic carbocycles. The Morgan fingerprint density at radius 3 is 2.47 bits per heavy atom. The van der Waals surface area contributed by atoms with Crippen LogP contribution in [0.5, 0.6) is 5.75 Å². The van der Waals surface area contributed by atoms with E-state index in [1.165, 1.54) is 30.3 Å². The van der Waals surface area contributed by atoms with Gasteiger partial charge in [-0.15, -0.1) is 0 Å². The number of carbonyl (C=O) groups is 1. The van der Waals surface area contributed by atoms with Gasteiger partial charge in [0, 0.05) is 11.6 Å². The molecule has 0 heterocycles. The Bertz CT molecular complexity index is 1130. The molecule has 0 aliphatic carbocycles. The van der Waals surface area contributed by atoms with E-state index >= 15 is 0 Å². The van der Waals surface area contributed by atoms with E-state index in [2.05, 4.69) is 10.5 Å². The molecule has 2 N–H and O–H groups in total. The van der Waals surface area contributed by atoms with Crippen molar-refractivity contribution in [1.82, 2.24) is 5.43 Å². The number of halogens is 5. The summed E-state index contributed by atoms with van der Waals surface area (Å²) in [6, 6.07) is 10.9. The molecule has 30 heavy (non-hydrogen) atoms. The maximum absolute atomic E-state index is 14.0. The quantitative estimate of drug-likeness (QED) is 0.350. The van der Waals surface area contributed by atoms with E-state index in [9.17, 15) is 31.9 Å². The number of hydrogen-bond donors (Lipinski definition) is 2. The van der Waals surface area contributed by atoms with Gasteiger partial charge in [0.15, 0.2) is 0 Å². The van der Waals surface area contributed by atoms with Crippen LogP contribution in [0.3, 0.4) is 0 Å². The molecule has 1 amide bonds. The summed E-state index contributed by atoms with van der Waals surface area (Å²) in [5.41, 5.74) is 1.27. The van der Waals surface area contributed by atoms with Crippen molar-refractivity contribution < 1.29 is 31.9 Å². The summed E-state index contributed by atoms with van der Waals surface area (Å²) in [5, 5.41) is 13.5. The van der Waals surface area contributed by atoms with Crippen molar-refractivity contribution in [3.63, 3.8) is 0 Å². The molecule has 9 heteroatoms. The molecular formula is C21H13F5N2O2. The fourth-order valence-electron chi connectivity index (χ4n) is 2.63. The monoisotopic (exact) mass is 420 g/mol. The van der Waals surface area contributed by atoms with Crippen molar-refractivity contribution in [1.29, 1.82) is 0 Å². The van der Waals surface area contributed by atoms with Crippen LogP contribution in [0.15, 0.2) is 65.8 Å². The van der Waals surface area contributed by atoms with Crippen LogP contribution in [0.4, 0.5) is 22.0 Å². The third kappa shape index (κ3) is 4.80. The fourth-order valence-corrected chi connectivity index (χ4v) is 2.63. The van der Waals surface area contributed by atoms with Gasteiger partial charge in [0.25, 0.3) is 5.91 Å². The summed E-state index contributed by atoms with van der Waals surface area (Å²) < 4.78 is 65.2. The second-order valence-electron chi connectivity index (χ2n) is 6.18. The van der Waals surface area contributed by atoms with Crippen molar-refractivity contribution in [2.45, 2.75) is 6.18 Å². The molecule has 0 aliphatic heterocycles. The Balaban J connectivity index is 1.80. The molecule has 3 aromatic rings. The number of nitrogens with one attached hydrogen (secondary N) is 1. The largest absolute Gasteiger partial charge is 0.507 e. The first-order valence-corrected chi connectivity index (χ1v) is 8.44. The van der Waals surface area contributed by atoms with E-state index < -0.39 is 35.0 Å². The molecule has 0 aromatic heterocycles. The zero-order chi connectivity index (χ0) is 21.9. The van der Waals surface area contributed by atoms with Gasteiger partial charge >= 0.3 is 6.18 Å². The van der Waals surface area contributed by atoms with E-state index in [1.54, 1.807) is 0 Å². The van der Waals surface area contributed by atoms with Gasteiger partial charge in [-0.25, -0.2) is 14.2 Å². The number of alkyl halides is 3. The maximum Gasteiger partial charge on any atom is 0.416 e. The van der Waals surface area contributed by atoms with Crippen LogP contribution in [-0.4, -0.2) is 17.2 Å². The number of rotatable bonds is 4. The van der Waals surface area contributed by atoms with Crippen LogP contribution in [0.2, 0.25) is 0 Å². The summed E-state index contributed by atoms with van der Waals surface area (Å²) in [6.07, 6.45) is -3.51. The van der Waals surface area contributed by atoms with Gasteiger partial charge in [0.05, 0.1) is 17.3 Å². The van der Waals surface area contributed by atoms with Gasteiger partial charge in [-0.1, -0.05) is 18.2 Å². The van der Waals surface area contributed by atoms with Crippen molar-refractivity contribution in [3.8, 4) is 16.9 Å². The Morgan fingerprint density at radius 1 is 1.00 bits per heavy atom. The minimum absolute atomic E-state index is 0.0120. The van der Waals surface area contributed by atoms with Gasteiger partial charge in [-0.3, -0.25) is 4.79 Å². The number of phenolic OH excluding ortho intramolecular Hbond substituents is 1. The highest BCUT2D eigenvalue weighted by Gasteiger charge is 2.30. The zero-order valence-electron chi connectivity index (χ0n) is 15.0. The lowest BCUT2D eigenvalue weighted by atomic mass is 10.0. The summed E-state index contributed by atoms with van der Waals surface area (Å²) >= 11 is 0. The van der Waals surface area contributed by atoms with Gasteiger partial charge < -0.3 is 5.11 Å². The molecule has 0 bridgehead atoms. The summed E-state index contributed by atoms with van der Waals surface area (Å²) in [6.45, 7) is 0. The highest BCUT2D eigenvalue weighted by atomic mass is 19.4. The lowest BCUT2D eigenvalue weighted by Gasteiger charge is -2.08. The predicted octanol–water partition coefficient (Wildman–Crippen LogP) is 5.12. The molecule has 0 fully saturated rings. The first-order valence-electron chi connectivity index (χ1n) is 8.44. The molecule has 0 radical (unpaired) electrons. The average Bonchev–Trinajstić information content (AvgIpc) is 2.68. The zero-order valence-corrected chi connectivity index (χ0v) is 15.0. The standard InChI is InChI=1S/C21H13F5N2O2/c22-15-5-6-16(18(23)10-15)13-4-7-19(29)17(9-13)20(30)28-27-11-12-2-1-3-14(8-12)21(24,25)26/h1-11,29H,(H,28,30)/b27-11+. The highest BCUT2D eigenvalue weighted by Crippen LogP contribution is 2.30. The molecule has 0 aliphatic rings. The fraction of sp³-hybridized carbons (Fsp3) is 0.0476. The second-order valence-corrected chi connectivity index (χ2v) is 6.18. The Morgan fingerprint density at radius 2 is 1.77 bits per heavy atom. The summed E-state index contributed by atoms with van der Waals surface area (Å²) in [4.78, 5) is 12.3. The molecule has 0 atom stereocenters. The predicted molar refractivity (Wildman–Crippen MR) is 100.0 cm³/mol. The van der Waals surface area contributed by atoms with Gasteiger partial charge in [-0.2, -0.15) is 18.3 Å². The number of aromatic hydroxyl groups is 1. The van der Waals surface area contributed by atoms with Crippen LogP contribution in [-0.2, 0) is 6.18 Å². The SMILES string of the molecule is O=C(N/N=C/c1cccc(C(F)(F)F)c1)c1cc(-c2ccc(F)cc2F)ccc1O. The average molecular weight is 420 g/mol. The van der Waals surface area contributed by atoms with Crippen molar-refractivity contribution in [3.05, 3.63) is 89.0 Å². The normalized spacial score (nSPS) is 11.6. The maximum atomic E-state index is 14.0. The summed E-state index contributed by atoms with van der Waals surface area (Å²) in [5.74, 6) is -2.92. The topological polar surface area (TPSA) is 61.7 Å². The minimum Gasteiger partial charge on any atom is -0.507 e. The molecule has 0 saturated heterocycles. The number of phenols is 1. The number of hydrogen-bond acceptors (Lipinski definition) is 3. The van der Waals surface area contributed by atoms with Gasteiger partial charge in [-0.05, 0) is 47.5 Å². The number of amides is 1. The lowest BCUT2D eigenvalue weighted by Crippen LogP contribution is -2.18. The minimum atomic E-state index is -4.52. The van der Waals surface area contributed by atoms with E-state index in [0.29, 0.717) is 6.07 Å². The second kappa shape index (κ2) is 8.32. The first-order chi connectivity index (χ1) is 14.1. The van der Waals surface area contributed by atoms with Crippen LogP contribution in [0.1, 0.15) is 21.5 Å². The Labute approximate surface area is 167 Å². The molecular weight excluding hydrogens is 407 g/mol. The van der Waals surface area contributed by atoms with E-state index in [4.69, 9.17) is 0 Å². The smallest absolute Gasteiger partial charge is 0.416 e. The molecule has 0 saturated carbocycles. The Hall–Kier alpha value is -3.75. The van der Waals surface area contributed by atoms with Crippen LogP contribution in [0.25, 0.3) is 11.1 Å². The molecule has 0 unspecified atom stereocenters. The first kappa shape index (κ1) is 21.0. The molecule has 4 nitrogen and oxygen atoms in total. The number of benzene rings is 3. The highest BCUT2D eigenvalue weighted by molar-refractivity contribution is 5.98. The number of carbonyl (C=O) groups excluding carboxylic acids is 1. The van der Waals surface area contributed by atoms with Gasteiger partial charge in [0.1, 0.15) is 17.4 Å². The van der Waals surface area contributed by atoms with Crippen LogP contribution < -0.4 is 5.43 Å². The summed E-state index contributed by atoms with van der Waals surface area (Å²) in [7, 11) is 0. The van der Waals surface area contributed by atoms with Crippen LogP contribution >= 0.6 is 0 Å². The van der Waals surface area contributed by atoms with Gasteiger partial charge in [0.2, 0.25) is 0 Å². The van der Waals surface area contributed by atoms with Crippen molar-refractivity contribution in [2.24, 2.45) is 5.10 Å². The Kier molecular flexibility index (Phi) is 5.81. The molecule has 3 rings (SSSR count). The van der Waals surface area contributed by atoms with Crippen LogP contribution in [0, 0.1) is 11.6 Å². The molecule has 0 spiro atoms. The third-order valence-electron chi connectivity index (χ3n) is 4.08. The number of nitrogens with zero attached hydrogens (tertiary/aromatic N) is 1. The van der Waals surface area contributed by atoms with Crippen molar-refractivity contribution >= 4 is 12.1 Å². The van der Waals surface area contributed by atoms with E-state index in [-0.39, 0.29) is 22.3 Å². The van der Waals surface area contributed by atoms with E-state index in [0.717, 1.165) is 30.5 Å². The third-order valence-corrected chi connectivity index (χ3v) is 4.08.